The van der Waals surface area contributed by atoms with Gasteiger partial charge >= 0.3 is 11.9 Å². The molecule has 0 unspecified atom stereocenters. The zero-order valence-corrected chi connectivity index (χ0v) is 38.1. The van der Waals surface area contributed by atoms with Gasteiger partial charge in [0.2, 0.25) is 0 Å². The highest BCUT2D eigenvalue weighted by atomic mass is 32.2. The van der Waals surface area contributed by atoms with E-state index in [2.05, 4.69) is 9.44 Å². The van der Waals surface area contributed by atoms with Crippen molar-refractivity contribution in [3.63, 3.8) is 0 Å². The number of hydrogen-bond donors (Lipinski definition) is 4. The number of carboxylic acids is 2. The fraction of sp³-hybridized carbons (Fsp3) is 0.255. The molecule has 6 aromatic carbocycles. The third-order valence-corrected chi connectivity index (χ3v) is 13.7. The Labute approximate surface area is 377 Å². The van der Waals surface area contributed by atoms with Gasteiger partial charge < -0.3 is 14.9 Å². The number of methoxy groups -OCH3 is 1. The lowest BCUT2D eigenvalue weighted by Gasteiger charge is -2.14. The van der Waals surface area contributed by atoms with Gasteiger partial charge in [-0.3, -0.25) is 9.44 Å². The number of nitrogens with one attached hydrogen (secondary N) is 2. The first-order chi connectivity index (χ1) is 30.7. The number of unbranched alkanes of at least 4 members (excludes halogenated alkanes) is 4. The topological polar surface area (TPSA) is 176 Å². The van der Waals surface area contributed by atoms with E-state index in [-0.39, 0.29) is 9.79 Å². The van der Waals surface area contributed by atoms with E-state index >= 15 is 0 Å². The summed E-state index contributed by atoms with van der Waals surface area (Å²) < 4.78 is 62.0. The summed E-state index contributed by atoms with van der Waals surface area (Å²) in [5, 5.41) is 18.6. The number of ether oxygens (including phenoxy) is 1. The number of sulfonamides is 2. The van der Waals surface area contributed by atoms with Crippen LogP contribution in [0, 0.1) is 13.8 Å². The molecule has 0 bridgehead atoms. The van der Waals surface area contributed by atoms with Crippen LogP contribution in [0.15, 0.2) is 149 Å². The third-order valence-electron chi connectivity index (χ3n) is 10.8. The highest BCUT2D eigenvalue weighted by Crippen LogP contribution is 2.26. The maximum atomic E-state index is 12.9. The molecule has 0 aliphatic carbocycles. The van der Waals surface area contributed by atoms with Gasteiger partial charge in [0.15, 0.2) is 0 Å². The molecule has 0 saturated heterocycles. The van der Waals surface area contributed by atoms with Crippen molar-refractivity contribution in [2.45, 2.75) is 87.8 Å². The Morgan fingerprint density at radius 2 is 0.906 bits per heavy atom. The number of anilines is 2. The van der Waals surface area contributed by atoms with Crippen LogP contribution in [0.4, 0.5) is 11.4 Å². The minimum Gasteiger partial charge on any atom is -0.497 e. The molecule has 6 aromatic rings. The highest BCUT2D eigenvalue weighted by molar-refractivity contribution is 7.93. The van der Waals surface area contributed by atoms with Gasteiger partial charge in [-0.25, -0.2) is 26.4 Å². The highest BCUT2D eigenvalue weighted by Gasteiger charge is 2.19. The molecular weight excluding hydrogens is 849 g/mol. The predicted molar refractivity (Wildman–Crippen MR) is 253 cm³/mol. The number of hydrogen-bond acceptors (Lipinski definition) is 7. The Morgan fingerprint density at radius 3 is 1.34 bits per heavy atom. The summed E-state index contributed by atoms with van der Waals surface area (Å²) in [6.45, 7) is 3.74. The molecule has 0 aromatic heterocycles. The molecular formula is C51H56N2O9S2. The average molecular weight is 905 g/mol. The molecule has 0 aliphatic rings. The van der Waals surface area contributed by atoms with Gasteiger partial charge in [0.05, 0.1) is 39.4 Å². The molecule has 0 spiro atoms. The van der Waals surface area contributed by atoms with Crippen molar-refractivity contribution >= 4 is 43.4 Å². The van der Waals surface area contributed by atoms with Gasteiger partial charge in [-0.05, 0) is 148 Å². The minimum absolute atomic E-state index is 0.171. The molecule has 0 atom stereocenters. The quantitative estimate of drug-likeness (QED) is 0.0512. The van der Waals surface area contributed by atoms with Crippen LogP contribution in [0.3, 0.4) is 0 Å². The van der Waals surface area contributed by atoms with Crippen molar-refractivity contribution in [3.8, 4) is 5.75 Å². The summed E-state index contributed by atoms with van der Waals surface area (Å²) in [4.78, 5) is 23.1. The Hall–Kier alpha value is -6.44. The standard InChI is InChI=1S/C26H29NO4S.C25H27NO5S/c1-19-16-17-25(20(2)18-19)32(30,31)27-24-15-9-7-13-22(24)12-5-3-4-10-21-11-6-8-14-23(21)26(28)29;1-31-21-15-17-22(18-16-21)32(29,30)26-24-14-8-6-12-20(24)11-4-2-3-9-19-10-5-7-13-23(19)25(27)28/h6-9,11,13-18,27H,3-5,10,12H2,1-2H3,(H,28,29);5-8,10,12-18,26H,2-4,9,11H2,1H3,(H,27,28). The number of aryl methyl sites for hydroxylation is 6. The molecule has 11 nitrogen and oxygen atoms in total. The fourth-order valence-electron chi connectivity index (χ4n) is 7.44. The molecule has 13 heteroatoms. The first kappa shape index (κ1) is 48.6. The Balaban J connectivity index is 0.000000241. The second-order valence-electron chi connectivity index (χ2n) is 15.5. The van der Waals surface area contributed by atoms with Crippen molar-refractivity contribution in [2.24, 2.45) is 0 Å². The van der Waals surface area contributed by atoms with Crippen LogP contribution in [0.25, 0.3) is 0 Å². The molecule has 336 valence electrons. The van der Waals surface area contributed by atoms with E-state index in [0.29, 0.717) is 41.1 Å². The second-order valence-corrected chi connectivity index (χ2v) is 18.8. The third kappa shape index (κ3) is 14.0. The van der Waals surface area contributed by atoms with E-state index in [1.165, 1.54) is 19.2 Å². The summed E-state index contributed by atoms with van der Waals surface area (Å²) in [5.41, 5.74) is 7.19. The van der Waals surface area contributed by atoms with Crippen LogP contribution in [-0.2, 0) is 45.7 Å². The summed E-state index contributed by atoms with van der Waals surface area (Å²) in [6.07, 6.45) is 8.21. The predicted octanol–water partition coefficient (Wildman–Crippen LogP) is 10.9. The SMILES string of the molecule is COc1ccc(S(=O)(=O)Nc2ccccc2CCCCCc2ccccc2C(=O)O)cc1.Cc1ccc(S(=O)(=O)Nc2ccccc2CCCCCc2ccccc2C(=O)O)c(C)c1. The molecule has 0 fully saturated rings. The van der Waals surface area contributed by atoms with Crippen molar-refractivity contribution in [3.05, 3.63) is 184 Å². The van der Waals surface area contributed by atoms with Crippen molar-refractivity contribution in [2.75, 3.05) is 16.6 Å². The van der Waals surface area contributed by atoms with Gasteiger partial charge in [-0.15, -0.1) is 0 Å². The second kappa shape index (κ2) is 23.3. The number of carbonyl (C=O) groups is 2. The van der Waals surface area contributed by atoms with E-state index in [9.17, 15) is 36.6 Å². The number of para-hydroxylation sites is 2. The van der Waals surface area contributed by atoms with Crippen LogP contribution in [0.5, 0.6) is 5.75 Å². The Kier molecular flexibility index (Phi) is 17.7. The lowest BCUT2D eigenvalue weighted by Crippen LogP contribution is -2.15. The smallest absolute Gasteiger partial charge is 0.335 e. The van der Waals surface area contributed by atoms with Gasteiger partial charge in [0.25, 0.3) is 20.0 Å². The van der Waals surface area contributed by atoms with Crippen LogP contribution in [0.2, 0.25) is 0 Å². The van der Waals surface area contributed by atoms with Crippen LogP contribution in [0.1, 0.15) is 92.6 Å². The number of carboxylic acid groups (broad SMARTS) is 2. The molecule has 0 heterocycles. The Morgan fingerprint density at radius 1 is 0.500 bits per heavy atom. The zero-order valence-electron chi connectivity index (χ0n) is 36.4. The van der Waals surface area contributed by atoms with E-state index in [1.54, 1.807) is 73.7 Å². The maximum absolute atomic E-state index is 12.9. The maximum Gasteiger partial charge on any atom is 0.335 e. The van der Waals surface area contributed by atoms with Gasteiger partial charge in [0.1, 0.15) is 5.75 Å². The van der Waals surface area contributed by atoms with Gasteiger partial charge in [-0.1, -0.05) is 103 Å². The van der Waals surface area contributed by atoms with Gasteiger partial charge in [-0.2, -0.15) is 0 Å². The normalized spacial score (nSPS) is 11.2. The van der Waals surface area contributed by atoms with Crippen LogP contribution >= 0.6 is 0 Å². The molecule has 0 aliphatic heterocycles. The first-order valence-electron chi connectivity index (χ1n) is 21.2. The molecule has 4 N–H and O–H groups in total. The molecule has 6 rings (SSSR count). The summed E-state index contributed by atoms with van der Waals surface area (Å²) in [5.74, 6) is -1.21. The largest absolute Gasteiger partial charge is 0.497 e. The van der Waals surface area contributed by atoms with Crippen LogP contribution in [-0.4, -0.2) is 46.1 Å². The van der Waals surface area contributed by atoms with E-state index in [1.807, 2.05) is 67.6 Å². The Bertz CT molecular complexity index is 2740. The summed E-state index contributed by atoms with van der Waals surface area (Å²) >= 11 is 0. The monoisotopic (exact) mass is 904 g/mol. The molecule has 0 saturated carbocycles. The molecule has 0 amide bonds. The van der Waals surface area contributed by atoms with Crippen molar-refractivity contribution < 1.29 is 41.4 Å². The van der Waals surface area contributed by atoms with Gasteiger partial charge in [0, 0.05) is 0 Å². The average Bonchev–Trinajstić information content (AvgIpc) is 3.27. The van der Waals surface area contributed by atoms with Crippen LogP contribution < -0.4 is 14.2 Å². The van der Waals surface area contributed by atoms with Crippen molar-refractivity contribution in [1.29, 1.82) is 0 Å². The van der Waals surface area contributed by atoms with E-state index in [0.717, 1.165) is 84.7 Å². The number of rotatable bonds is 21. The first-order valence-corrected chi connectivity index (χ1v) is 24.2. The van der Waals surface area contributed by atoms with Crippen molar-refractivity contribution in [1.82, 2.24) is 0 Å². The minimum atomic E-state index is -3.71. The summed E-state index contributed by atoms with van der Waals surface area (Å²) in [7, 11) is -5.85. The lowest BCUT2D eigenvalue weighted by atomic mass is 9.99. The molecule has 0 radical (unpaired) electrons. The fourth-order valence-corrected chi connectivity index (χ4v) is 9.87. The zero-order chi connectivity index (χ0) is 46.1. The number of benzene rings is 6. The van der Waals surface area contributed by atoms with E-state index in [4.69, 9.17) is 4.74 Å². The summed E-state index contributed by atoms with van der Waals surface area (Å²) in [6, 6.07) is 40.6. The van der Waals surface area contributed by atoms with E-state index < -0.39 is 32.0 Å². The molecule has 64 heavy (non-hydrogen) atoms. The lowest BCUT2D eigenvalue weighted by molar-refractivity contribution is 0.0684. The number of aromatic carboxylic acids is 2.